The Morgan fingerprint density at radius 1 is 0.952 bits per heavy atom. The minimum Gasteiger partial charge on any atom is -0.371 e. The maximum absolute atomic E-state index is 12.6. The first kappa shape index (κ1) is 28.4. The molecule has 10 nitrogen and oxygen atoms in total. The van der Waals surface area contributed by atoms with Gasteiger partial charge in [0.15, 0.2) is 17.3 Å². The number of nitrogens with two attached hydrogens (primary N) is 1. The highest BCUT2D eigenvalue weighted by atomic mass is 16.1. The third-order valence-electron chi connectivity index (χ3n) is 8.90. The Morgan fingerprint density at radius 2 is 1.71 bits per heavy atom. The van der Waals surface area contributed by atoms with Crippen LogP contribution in [0, 0.1) is 6.92 Å². The van der Waals surface area contributed by atoms with Crippen LogP contribution in [0.5, 0.6) is 0 Å². The van der Waals surface area contributed by atoms with Crippen molar-refractivity contribution < 1.29 is 4.79 Å². The predicted octanol–water partition coefficient (Wildman–Crippen LogP) is 3.28. The molecule has 42 heavy (non-hydrogen) atoms. The maximum atomic E-state index is 12.6. The van der Waals surface area contributed by atoms with E-state index in [9.17, 15) is 4.79 Å². The molecule has 3 aliphatic rings. The van der Waals surface area contributed by atoms with E-state index < -0.39 is 5.91 Å². The number of aromatic nitrogens is 2. The lowest BCUT2D eigenvalue weighted by Crippen LogP contribution is -2.52. The number of nitrogens with one attached hydrogen (secondary N) is 3. The van der Waals surface area contributed by atoms with Crippen LogP contribution in [-0.4, -0.2) is 97.2 Å². The van der Waals surface area contributed by atoms with Gasteiger partial charge in [-0.15, -0.1) is 0 Å². The van der Waals surface area contributed by atoms with Gasteiger partial charge in [0.25, 0.3) is 5.91 Å². The zero-order valence-electron chi connectivity index (χ0n) is 24.8. The molecular formula is C32H43N9O. The first-order valence-corrected chi connectivity index (χ1v) is 15.2. The van der Waals surface area contributed by atoms with Crippen LogP contribution in [0.25, 0.3) is 11.3 Å². The molecule has 3 aromatic rings. The van der Waals surface area contributed by atoms with Crippen LogP contribution in [0.2, 0.25) is 0 Å². The first-order valence-electron chi connectivity index (χ1n) is 15.2. The Balaban J connectivity index is 1.21. The van der Waals surface area contributed by atoms with E-state index in [1.54, 1.807) is 0 Å². The minimum absolute atomic E-state index is 0.122. The lowest BCUT2D eigenvalue weighted by molar-refractivity contribution is 0.0982. The van der Waals surface area contributed by atoms with Gasteiger partial charge in [-0.25, -0.2) is 9.97 Å². The highest BCUT2D eigenvalue weighted by Gasteiger charge is 2.27. The Labute approximate surface area is 248 Å². The van der Waals surface area contributed by atoms with Gasteiger partial charge >= 0.3 is 0 Å². The summed E-state index contributed by atoms with van der Waals surface area (Å²) in [6, 6.07) is 17.1. The number of carbonyl (C=O) groups is 1. The summed E-state index contributed by atoms with van der Waals surface area (Å²) < 4.78 is 0. The van der Waals surface area contributed by atoms with Gasteiger partial charge in [0, 0.05) is 74.8 Å². The number of carbonyl (C=O) groups excluding carboxylic acids is 1. The topological polar surface area (TPSA) is 115 Å². The van der Waals surface area contributed by atoms with Crippen molar-refractivity contribution in [2.75, 3.05) is 74.9 Å². The first-order chi connectivity index (χ1) is 20.4. The summed E-state index contributed by atoms with van der Waals surface area (Å²) in [6.07, 6.45) is 3.38. The van der Waals surface area contributed by atoms with E-state index in [1.165, 1.54) is 50.3 Å². The molecule has 1 amide bonds. The maximum Gasteiger partial charge on any atom is 0.271 e. The standard InChI is InChI=1S/C32H43N9O/c1-22-20-24(8-9-27(22)41-14-11-26(12-15-41)40-18-16-39(2)17-19-40)35-32-29(30(33)42)37-28(23-6-4-3-5-7-23)31(38-32)36-25-10-13-34-21-25/h3-9,20,25-26,34H,10-19,21H2,1-2H3,(H2,33,42)(H2,35,36,38)/t25-/m1/s1. The van der Waals surface area contributed by atoms with E-state index in [2.05, 4.69) is 62.8 Å². The SMILES string of the molecule is Cc1cc(Nc2nc(N[C@@H]3CCNC3)c(-c3ccccc3)nc2C(N)=O)ccc1N1CCC(N2CCN(C)CC2)CC1. The van der Waals surface area contributed by atoms with E-state index in [0.717, 1.165) is 43.9 Å². The van der Waals surface area contributed by atoms with Crippen molar-refractivity contribution in [2.24, 2.45) is 5.73 Å². The van der Waals surface area contributed by atoms with Crippen molar-refractivity contribution in [1.29, 1.82) is 0 Å². The number of hydrogen-bond acceptors (Lipinski definition) is 9. The smallest absolute Gasteiger partial charge is 0.271 e. The second-order valence-corrected chi connectivity index (χ2v) is 11.9. The molecule has 3 saturated heterocycles. The molecule has 0 aliphatic carbocycles. The summed E-state index contributed by atoms with van der Waals surface area (Å²) in [6.45, 7) is 10.8. The summed E-state index contributed by atoms with van der Waals surface area (Å²) in [7, 11) is 2.21. The molecule has 6 rings (SSSR count). The molecule has 0 saturated carbocycles. The molecular weight excluding hydrogens is 526 g/mol. The van der Waals surface area contributed by atoms with Crippen molar-refractivity contribution in [1.82, 2.24) is 25.1 Å². The number of primary amides is 1. The van der Waals surface area contributed by atoms with Crippen LogP contribution in [-0.2, 0) is 0 Å². The summed E-state index contributed by atoms with van der Waals surface area (Å²) in [5.41, 5.74) is 10.7. The van der Waals surface area contributed by atoms with Gasteiger partial charge < -0.3 is 31.5 Å². The fourth-order valence-corrected chi connectivity index (χ4v) is 6.45. The van der Waals surface area contributed by atoms with E-state index in [4.69, 9.17) is 15.7 Å². The van der Waals surface area contributed by atoms with Gasteiger partial charge in [-0.05, 0) is 63.5 Å². The number of aryl methyl sites for hydroxylation is 1. The van der Waals surface area contributed by atoms with Gasteiger partial charge in [-0.2, -0.15) is 0 Å². The number of nitrogens with zero attached hydrogens (tertiary/aromatic N) is 5. The lowest BCUT2D eigenvalue weighted by atomic mass is 10.0. The number of anilines is 4. The van der Waals surface area contributed by atoms with Crippen LogP contribution in [0.4, 0.5) is 23.0 Å². The van der Waals surface area contributed by atoms with Crippen molar-refractivity contribution in [3.63, 3.8) is 0 Å². The lowest BCUT2D eigenvalue weighted by Gasteiger charge is -2.43. The predicted molar refractivity (Wildman–Crippen MR) is 170 cm³/mol. The van der Waals surface area contributed by atoms with Crippen LogP contribution >= 0.6 is 0 Å². The quantitative estimate of drug-likeness (QED) is 0.325. The average Bonchev–Trinajstić information content (AvgIpc) is 3.51. The largest absolute Gasteiger partial charge is 0.371 e. The fourth-order valence-electron chi connectivity index (χ4n) is 6.45. The van der Waals surface area contributed by atoms with E-state index in [1.807, 2.05) is 30.3 Å². The number of amides is 1. The number of rotatable bonds is 8. The molecule has 222 valence electrons. The molecule has 3 aliphatic heterocycles. The molecule has 0 radical (unpaired) electrons. The molecule has 10 heteroatoms. The zero-order chi connectivity index (χ0) is 29.1. The molecule has 1 atom stereocenters. The third-order valence-corrected chi connectivity index (χ3v) is 8.90. The summed E-state index contributed by atoms with van der Waals surface area (Å²) in [5, 5.41) is 10.3. The van der Waals surface area contributed by atoms with Crippen LogP contribution in [0.15, 0.2) is 48.5 Å². The number of piperazine rings is 1. The van der Waals surface area contributed by atoms with Gasteiger partial charge in [0.2, 0.25) is 0 Å². The number of piperidine rings is 1. The monoisotopic (exact) mass is 569 g/mol. The average molecular weight is 570 g/mol. The second-order valence-electron chi connectivity index (χ2n) is 11.9. The number of hydrogen-bond donors (Lipinski definition) is 4. The Bertz CT molecular complexity index is 1380. The number of benzene rings is 2. The van der Waals surface area contributed by atoms with Crippen LogP contribution in [0.3, 0.4) is 0 Å². The van der Waals surface area contributed by atoms with E-state index in [-0.39, 0.29) is 11.7 Å². The Morgan fingerprint density at radius 3 is 2.38 bits per heavy atom. The molecule has 0 unspecified atom stereocenters. The highest BCUT2D eigenvalue weighted by Crippen LogP contribution is 2.32. The van der Waals surface area contributed by atoms with Crippen molar-refractivity contribution >= 4 is 28.9 Å². The molecule has 4 heterocycles. The van der Waals surface area contributed by atoms with Gasteiger partial charge in [-0.3, -0.25) is 9.69 Å². The molecule has 1 aromatic heterocycles. The van der Waals surface area contributed by atoms with Crippen molar-refractivity contribution in [2.45, 2.75) is 38.3 Å². The molecule has 5 N–H and O–H groups in total. The Kier molecular flexibility index (Phi) is 8.55. The van der Waals surface area contributed by atoms with Gasteiger partial charge in [0.1, 0.15) is 5.69 Å². The summed E-state index contributed by atoms with van der Waals surface area (Å²) >= 11 is 0. The fraction of sp³-hybridized carbons (Fsp3) is 0.469. The van der Waals surface area contributed by atoms with Crippen LogP contribution < -0.4 is 26.6 Å². The van der Waals surface area contributed by atoms with Gasteiger partial charge in [0.05, 0.1) is 0 Å². The van der Waals surface area contributed by atoms with Crippen molar-refractivity contribution in [3.8, 4) is 11.3 Å². The van der Waals surface area contributed by atoms with Crippen molar-refractivity contribution in [3.05, 3.63) is 59.8 Å². The summed E-state index contributed by atoms with van der Waals surface area (Å²) in [5.74, 6) is 0.377. The van der Waals surface area contributed by atoms with Crippen LogP contribution in [0.1, 0.15) is 35.3 Å². The molecule has 2 aromatic carbocycles. The zero-order valence-corrected chi connectivity index (χ0v) is 24.8. The van der Waals surface area contributed by atoms with E-state index in [0.29, 0.717) is 23.4 Å². The highest BCUT2D eigenvalue weighted by molar-refractivity contribution is 5.97. The molecule has 0 spiro atoms. The van der Waals surface area contributed by atoms with E-state index >= 15 is 0 Å². The second kappa shape index (κ2) is 12.6. The summed E-state index contributed by atoms with van der Waals surface area (Å²) in [4.78, 5) is 29.8. The normalized spacial score (nSPS) is 20.5. The number of likely N-dealkylation sites (N-methyl/N-ethyl adjacent to an activating group) is 1. The van der Waals surface area contributed by atoms with Gasteiger partial charge in [-0.1, -0.05) is 30.3 Å². The molecule has 0 bridgehead atoms. The molecule has 3 fully saturated rings. The minimum atomic E-state index is -0.618. The Hall–Kier alpha value is -3.73. The third kappa shape index (κ3) is 6.35.